The molecule has 0 radical (unpaired) electrons. The molecule has 156 valence electrons. The average Bonchev–Trinajstić information content (AvgIpc) is 2.72. The number of benzene rings is 1. The van der Waals surface area contributed by atoms with Gasteiger partial charge in [0.1, 0.15) is 5.75 Å². The second-order valence-corrected chi connectivity index (χ2v) is 9.33. The molecule has 0 spiro atoms. The van der Waals surface area contributed by atoms with Crippen molar-refractivity contribution < 1.29 is 19.4 Å². The number of aromatic carboxylic acids is 1. The van der Waals surface area contributed by atoms with Gasteiger partial charge < -0.3 is 15.2 Å². The van der Waals surface area contributed by atoms with Gasteiger partial charge in [-0.05, 0) is 86.0 Å². The van der Waals surface area contributed by atoms with Crippen molar-refractivity contribution in [3.8, 4) is 5.75 Å². The molecule has 0 saturated heterocycles. The highest BCUT2D eigenvalue weighted by Gasteiger charge is 2.52. The van der Waals surface area contributed by atoms with E-state index in [-0.39, 0.29) is 16.9 Å². The SMILES string of the molecule is COc1ccc(C(=O)Nc2cncc(C(=O)O)c2)cc1C12CC3CC(CC(C3)C1)C2. The maximum Gasteiger partial charge on any atom is 0.337 e. The Morgan fingerprint density at radius 2 is 1.70 bits per heavy atom. The number of anilines is 1. The molecule has 1 aromatic carbocycles. The first-order chi connectivity index (χ1) is 14.5. The minimum atomic E-state index is -1.08. The van der Waals surface area contributed by atoms with E-state index in [9.17, 15) is 9.59 Å². The van der Waals surface area contributed by atoms with Crippen LogP contribution in [0.1, 0.15) is 64.8 Å². The number of carboxylic acid groups (broad SMARTS) is 1. The van der Waals surface area contributed by atoms with Gasteiger partial charge in [0.2, 0.25) is 0 Å². The molecule has 4 bridgehead atoms. The molecule has 6 heteroatoms. The minimum absolute atomic E-state index is 0.0387. The molecule has 4 aliphatic carbocycles. The van der Waals surface area contributed by atoms with Gasteiger partial charge in [0.05, 0.1) is 24.6 Å². The normalized spacial score (nSPS) is 28.9. The van der Waals surface area contributed by atoms with Crippen molar-refractivity contribution in [3.05, 3.63) is 53.3 Å². The molecule has 4 fully saturated rings. The molecule has 1 heterocycles. The van der Waals surface area contributed by atoms with E-state index in [1.165, 1.54) is 57.0 Å². The molecule has 30 heavy (non-hydrogen) atoms. The summed E-state index contributed by atoms with van der Waals surface area (Å²) in [5, 5.41) is 11.9. The van der Waals surface area contributed by atoms with Crippen molar-refractivity contribution in [1.82, 2.24) is 4.98 Å². The third-order valence-electron chi connectivity index (χ3n) is 7.31. The van der Waals surface area contributed by atoms with Crippen LogP contribution in [0.4, 0.5) is 5.69 Å². The summed E-state index contributed by atoms with van der Waals surface area (Å²) in [6.07, 6.45) is 10.3. The van der Waals surface area contributed by atoms with Crippen molar-refractivity contribution in [3.63, 3.8) is 0 Å². The van der Waals surface area contributed by atoms with Gasteiger partial charge in [-0.15, -0.1) is 0 Å². The Bertz CT molecular complexity index is 981. The van der Waals surface area contributed by atoms with Crippen LogP contribution in [0.3, 0.4) is 0 Å². The molecule has 6 rings (SSSR count). The van der Waals surface area contributed by atoms with Gasteiger partial charge >= 0.3 is 5.97 Å². The van der Waals surface area contributed by atoms with E-state index in [1.54, 1.807) is 13.2 Å². The van der Waals surface area contributed by atoms with Crippen LogP contribution in [0.2, 0.25) is 0 Å². The lowest BCUT2D eigenvalue weighted by Gasteiger charge is -2.57. The van der Waals surface area contributed by atoms with Crippen molar-refractivity contribution >= 4 is 17.6 Å². The molecule has 0 unspecified atom stereocenters. The van der Waals surface area contributed by atoms with Crippen LogP contribution in [-0.4, -0.2) is 29.1 Å². The second-order valence-electron chi connectivity index (χ2n) is 9.33. The lowest BCUT2D eigenvalue weighted by atomic mass is 9.48. The maximum atomic E-state index is 12.9. The number of carboxylic acids is 1. The number of rotatable bonds is 5. The van der Waals surface area contributed by atoms with Gasteiger partial charge in [-0.1, -0.05) is 0 Å². The van der Waals surface area contributed by atoms with Crippen molar-refractivity contribution in [1.29, 1.82) is 0 Å². The molecule has 1 amide bonds. The number of carbonyl (C=O) groups excluding carboxylic acids is 1. The number of nitrogens with zero attached hydrogens (tertiary/aromatic N) is 1. The third kappa shape index (κ3) is 3.24. The zero-order valence-corrected chi connectivity index (χ0v) is 17.1. The number of nitrogens with one attached hydrogen (secondary N) is 1. The molecular weight excluding hydrogens is 380 g/mol. The van der Waals surface area contributed by atoms with Crippen LogP contribution in [0.5, 0.6) is 5.75 Å². The summed E-state index contributed by atoms with van der Waals surface area (Å²) >= 11 is 0. The molecule has 2 aromatic rings. The maximum absolute atomic E-state index is 12.9. The smallest absolute Gasteiger partial charge is 0.337 e. The Labute approximate surface area is 175 Å². The summed E-state index contributed by atoms with van der Waals surface area (Å²) in [6, 6.07) is 7.08. The molecule has 2 N–H and O–H groups in total. The minimum Gasteiger partial charge on any atom is -0.496 e. The van der Waals surface area contributed by atoms with Crippen LogP contribution in [0.15, 0.2) is 36.7 Å². The number of aromatic nitrogens is 1. The fourth-order valence-electron chi connectivity index (χ4n) is 6.53. The van der Waals surface area contributed by atoms with Gasteiger partial charge in [0, 0.05) is 17.3 Å². The van der Waals surface area contributed by atoms with Crippen molar-refractivity contribution in [2.75, 3.05) is 12.4 Å². The number of pyridine rings is 1. The van der Waals surface area contributed by atoms with Crippen LogP contribution >= 0.6 is 0 Å². The summed E-state index contributed by atoms with van der Waals surface area (Å²) in [4.78, 5) is 28.0. The Kier molecular flexibility index (Phi) is 4.53. The fraction of sp³-hybridized carbons (Fsp3) is 0.458. The quantitative estimate of drug-likeness (QED) is 0.763. The van der Waals surface area contributed by atoms with Gasteiger partial charge in [-0.2, -0.15) is 0 Å². The van der Waals surface area contributed by atoms with Gasteiger partial charge in [0.25, 0.3) is 5.91 Å². The largest absolute Gasteiger partial charge is 0.496 e. The van der Waals surface area contributed by atoms with Crippen LogP contribution in [0.25, 0.3) is 0 Å². The van der Waals surface area contributed by atoms with Crippen LogP contribution < -0.4 is 10.1 Å². The van der Waals surface area contributed by atoms with E-state index in [0.717, 1.165) is 29.1 Å². The second kappa shape index (κ2) is 7.11. The van der Waals surface area contributed by atoms with E-state index < -0.39 is 5.97 Å². The van der Waals surface area contributed by atoms with Crippen LogP contribution in [-0.2, 0) is 5.41 Å². The van der Waals surface area contributed by atoms with Crippen LogP contribution in [0, 0.1) is 17.8 Å². The Morgan fingerprint density at radius 1 is 1.03 bits per heavy atom. The Hall–Kier alpha value is -2.89. The zero-order chi connectivity index (χ0) is 20.9. The Balaban J connectivity index is 1.46. The summed E-state index contributed by atoms with van der Waals surface area (Å²) in [6.45, 7) is 0. The predicted octanol–water partition coefficient (Wildman–Crippen LogP) is 4.51. The average molecular weight is 406 g/mol. The summed E-state index contributed by atoms with van der Waals surface area (Å²) < 4.78 is 5.72. The molecule has 0 aliphatic heterocycles. The zero-order valence-electron chi connectivity index (χ0n) is 17.1. The van der Waals surface area contributed by atoms with E-state index >= 15 is 0 Å². The molecule has 4 aliphatic rings. The van der Waals surface area contributed by atoms with E-state index in [0.29, 0.717) is 11.3 Å². The lowest BCUT2D eigenvalue weighted by Crippen LogP contribution is -2.48. The highest BCUT2D eigenvalue weighted by molar-refractivity contribution is 6.05. The monoisotopic (exact) mass is 406 g/mol. The number of methoxy groups -OCH3 is 1. The highest BCUT2D eigenvalue weighted by Crippen LogP contribution is 2.61. The summed E-state index contributed by atoms with van der Waals surface area (Å²) in [5.74, 6) is 1.90. The number of carbonyl (C=O) groups is 2. The topological polar surface area (TPSA) is 88.5 Å². The molecule has 6 nitrogen and oxygen atoms in total. The standard InChI is InChI=1S/C24H26N2O4/c1-30-21-3-2-17(22(27)26-19-7-18(23(28)29)12-25-13-19)8-20(21)24-9-14-4-15(10-24)6-16(5-14)11-24/h2-3,7-8,12-16H,4-6,9-11H2,1H3,(H,26,27)(H,28,29). The number of hydrogen-bond donors (Lipinski definition) is 2. The van der Waals surface area contributed by atoms with E-state index in [4.69, 9.17) is 9.84 Å². The first-order valence-corrected chi connectivity index (χ1v) is 10.6. The summed E-state index contributed by atoms with van der Waals surface area (Å²) in [5.41, 5.74) is 2.24. The molecule has 0 atom stereocenters. The van der Waals surface area contributed by atoms with Gasteiger partial charge in [0.15, 0.2) is 0 Å². The number of ether oxygens (including phenoxy) is 1. The van der Waals surface area contributed by atoms with Gasteiger partial charge in [-0.25, -0.2) is 4.79 Å². The first-order valence-electron chi connectivity index (χ1n) is 10.6. The van der Waals surface area contributed by atoms with Crippen molar-refractivity contribution in [2.45, 2.75) is 43.9 Å². The molecular formula is C24H26N2O4. The summed E-state index contributed by atoms with van der Waals surface area (Å²) in [7, 11) is 1.70. The van der Waals surface area contributed by atoms with Gasteiger partial charge in [-0.3, -0.25) is 9.78 Å². The van der Waals surface area contributed by atoms with E-state index in [2.05, 4.69) is 10.3 Å². The van der Waals surface area contributed by atoms with Crippen molar-refractivity contribution in [2.24, 2.45) is 17.8 Å². The fourth-order valence-corrected chi connectivity index (χ4v) is 6.53. The Morgan fingerprint density at radius 3 is 2.30 bits per heavy atom. The first kappa shape index (κ1) is 19.1. The highest BCUT2D eigenvalue weighted by atomic mass is 16.5. The lowest BCUT2D eigenvalue weighted by molar-refractivity contribution is -0.00617. The number of hydrogen-bond acceptors (Lipinski definition) is 4. The molecule has 1 aromatic heterocycles. The third-order valence-corrected chi connectivity index (χ3v) is 7.31. The number of amides is 1. The predicted molar refractivity (Wildman–Crippen MR) is 112 cm³/mol. The van der Waals surface area contributed by atoms with E-state index in [1.807, 2.05) is 12.1 Å². The molecule has 4 saturated carbocycles.